The Morgan fingerprint density at radius 3 is 2.73 bits per heavy atom. The fourth-order valence-electron chi connectivity index (χ4n) is 2.24. The lowest BCUT2D eigenvalue weighted by molar-refractivity contribution is -0.130. The summed E-state index contributed by atoms with van der Waals surface area (Å²) in [4.78, 5) is 13.6. The monoisotopic (exact) mass is 213 g/mol. The van der Waals surface area contributed by atoms with Gasteiger partial charge in [0.1, 0.15) is 0 Å². The first-order valence-corrected chi connectivity index (χ1v) is 5.99. The van der Waals surface area contributed by atoms with E-state index >= 15 is 0 Å². The van der Waals surface area contributed by atoms with Crippen molar-refractivity contribution in [3.8, 4) is 0 Å². The molecule has 1 amide bonds. The summed E-state index contributed by atoms with van der Waals surface area (Å²) < 4.78 is 5.42. The number of nitrogens with zero attached hydrogens (tertiary/aromatic N) is 1. The van der Waals surface area contributed by atoms with Crippen molar-refractivity contribution in [1.29, 1.82) is 0 Å². The molecule has 0 aromatic carbocycles. The second kappa shape index (κ2) is 6.11. The molecule has 1 aliphatic rings. The van der Waals surface area contributed by atoms with Gasteiger partial charge in [0, 0.05) is 32.7 Å². The van der Waals surface area contributed by atoms with Gasteiger partial charge in [-0.1, -0.05) is 13.8 Å². The molecule has 1 fully saturated rings. The number of rotatable bonds is 6. The van der Waals surface area contributed by atoms with Gasteiger partial charge in [-0.2, -0.15) is 0 Å². The highest BCUT2D eigenvalue weighted by Gasteiger charge is 2.34. The van der Waals surface area contributed by atoms with Crippen LogP contribution in [-0.4, -0.2) is 37.6 Å². The lowest BCUT2D eigenvalue weighted by Gasteiger charge is -2.12. The predicted octanol–water partition coefficient (Wildman–Crippen LogP) is 1.92. The molecule has 2 atom stereocenters. The summed E-state index contributed by atoms with van der Waals surface area (Å²) in [5.74, 6) is 1.06. The van der Waals surface area contributed by atoms with Crippen molar-refractivity contribution in [1.82, 2.24) is 4.90 Å². The number of likely N-dealkylation sites (tertiary alicyclic amines) is 1. The number of carbonyl (C=O) groups is 1. The Labute approximate surface area is 92.8 Å². The van der Waals surface area contributed by atoms with E-state index in [2.05, 4.69) is 13.8 Å². The molecule has 0 spiro atoms. The average Bonchev–Trinajstić information content (AvgIpc) is 2.44. The van der Waals surface area contributed by atoms with Crippen LogP contribution < -0.4 is 0 Å². The van der Waals surface area contributed by atoms with Crippen molar-refractivity contribution < 1.29 is 9.53 Å². The van der Waals surface area contributed by atoms with Crippen LogP contribution in [0.4, 0.5) is 0 Å². The SMILES string of the molecule is CCCOCCCC1C(=O)N(C)C[C@@H]1C. The maximum absolute atomic E-state index is 11.7. The summed E-state index contributed by atoms with van der Waals surface area (Å²) in [6, 6.07) is 0. The molecule has 0 radical (unpaired) electrons. The van der Waals surface area contributed by atoms with Crippen LogP contribution in [0.15, 0.2) is 0 Å². The fourth-order valence-corrected chi connectivity index (χ4v) is 2.24. The molecule has 0 aromatic heterocycles. The number of amides is 1. The molecule has 0 aromatic rings. The number of hydrogen-bond donors (Lipinski definition) is 0. The summed E-state index contributed by atoms with van der Waals surface area (Å²) in [6.45, 7) is 6.83. The third-order valence-corrected chi connectivity index (χ3v) is 3.09. The normalized spacial score (nSPS) is 26.3. The first kappa shape index (κ1) is 12.5. The number of ether oxygens (including phenoxy) is 1. The van der Waals surface area contributed by atoms with Gasteiger partial charge < -0.3 is 9.64 Å². The lowest BCUT2D eigenvalue weighted by atomic mass is 9.93. The van der Waals surface area contributed by atoms with Gasteiger partial charge >= 0.3 is 0 Å². The zero-order chi connectivity index (χ0) is 11.3. The zero-order valence-electron chi connectivity index (χ0n) is 10.2. The van der Waals surface area contributed by atoms with Crippen LogP contribution in [0.25, 0.3) is 0 Å². The van der Waals surface area contributed by atoms with E-state index in [1.807, 2.05) is 11.9 Å². The molecule has 0 aliphatic carbocycles. The molecular formula is C12H23NO2. The molecule has 0 bridgehead atoms. The second-order valence-electron chi connectivity index (χ2n) is 4.56. The smallest absolute Gasteiger partial charge is 0.225 e. The van der Waals surface area contributed by atoms with Crippen molar-refractivity contribution >= 4 is 5.91 Å². The third-order valence-electron chi connectivity index (χ3n) is 3.09. The Kier molecular flexibility index (Phi) is 5.09. The van der Waals surface area contributed by atoms with Crippen LogP contribution in [0, 0.1) is 11.8 Å². The van der Waals surface area contributed by atoms with Gasteiger partial charge in [0.15, 0.2) is 0 Å². The first-order chi connectivity index (χ1) is 7.16. The summed E-state index contributed by atoms with van der Waals surface area (Å²) in [5.41, 5.74) is 0. The molecule has 1 saturated heterocycles. The predicted molar refractivity (Wildman–Crippen MR) is 60.6 cm³/mol. The summed E-state index contributed by atoms with van der Waals surface area (Å²) >= 11 is 0. The van der Waals surface area contributed by atoms with Gasteiger partial charge in [-0.05, 0) is 25.2 Å². The highest BCUT2D eigenvalue weighted by molar-refractivity contribution is 5.80. The Balaban J connectivity index is 2.18. The van der Waals surface area contributed by atoms with Gasteiger partial charge in [-0.15, -0.1) is 0 Å². The molecule has 0 saturated carbocycles. The minimum absolute atomic E-state index is 0.236. The van der Waals surface area contributed by atoms with Crippen LogP contribution >= 0.6 is 0 Å². The van der Waals surface area contributed by atoms with Crippen molar-refractivity contribution in [2.24, 2.45) is 11.8 Å². The average molecular weight is 213 g/mol. The van der Waals surface area contributed by atoms with Gasteiger partial charge in [-0.3, -0.25) is 4.79 Å². The van der Waals surface area contributed by atoms with Crippen LogP contribution in [0.3, 0.4) is 0 Å². The van der Waals surface area contributed by atoms with Crippen molar-refractivity contribution in [2.45, 2.75) is 33.1 Å². The van der Waals surface area contributed by atoms with E-state index in [1.54, 1.807) is 0 Å². The molecule has 3 heteroatoms. The molecule has 3 nitrogen and oxygen atoms in total. The third kappa shape index (κ3) is 3.49. The highest BCUT2D eigenvalue weighted by Crippen LogP contribution is 2.26. The Morgan fingerprint density at radius 2 is 2.20 bits per heavy atom. The largest absolute Gasteiger partial charge is 0.381 e. The second-order valence-corrected chi connectivity index (χ2v) is 4.56. The molecule has 0 N–H and O–H groups in total. The van der Waals surface area contributed by atoms with Crippen molar-refractivity contribution in [3.63, 3.8) is 0 Å². The Hall–Kier alpha value is -0.570. The maximum Gasteiger partial charge on any atom is 0.225 e. The lowest BCUT2D eigenvalue weighted by Crippen LogP contribution is -2.22. The molecule has 1 heterocycles. The summed E-state index contributed by atoms with van der Waals surface area (Å²) in [7, 11) is 1.90. The van der Waals surface area contributed by atoms with Crippen LogP contribution in [0.5, 0.6) is 0 Å². The van der Waals surface area contributed by atoms with E-state index in [0.717, 1.165) is 39.0 Å². The minimum Gasteiger partial charge on any atom is -0.381 e. The summed E-state index contributed by atoms with van der Waals surface area (Å²) in [6.07, 6.45) is 3.06. The van der Waals surface area contributed by atoms with Crippen LogP contribution in [-0.2, 0) is 9.53 Å². The van der Waals surface area contributed by atoms with E-state index in [-0.39, 0.29) is 5.92 Å². The van der Waals surface area contributed by atoms with Crippen molar-refractivity contribution in [3.05, 3.63) is 0 Å². The van der Waals surface area contributed by atoms with Crippen LogP contribution in [0.1, 0.15) is 33.1 Å². The highest BCUT2D eigenvalue weighted by atomic mass is 16.5. The zero-order valence-corrected chi connectivity index (χ0v) is 10.2. The molecule has 1 rings (SSSR count). The van der Waals surface area contributed by atoms with Gasteiger partial charge in [0.2, 0.25) is 5.91 Å². The molecule has 1 unspecified atom stereocenters. The molecule has 15 heavy (non-hydrogen) atoms. The quantitative estimate of drug-likeness (QED) is 0.631. The van der Waals surface area contributed by atoms with Crippen molar-refractivity contribution in [2.75, 3.05) is 26.8 Å². The number of hydrogen-bond acceptors (Lipinski definition) is 2. The van der Waals surface area contributed by atoms with E-state index in [9.17, 15) is 4.79 Å². The van der Waals surface area contributed by atoms with Gasteiger partial charge in [0.25, 0.3) is 0 Å². The van der Waals surface area contributed by atoms with Gasteiger partial charge in [0.05, 0.1) is 0 Å². The topological polar surface area (TPSA) is 29.5 Å². The molecular weight excluding hydrogens is 190 g/mol. The van der Waals surface area contributed by atoms with E-state index in [0.29, 0.717) is 11.8 Å². The maximum atomic E-state index is 11.7. The Bertz CT molecular complexity index is 206. The number of carbonyl (C=O) groups excluding carboxylic acids is 1. The van der Waals surface area contributed by atoms with Gasteiger partial charge in [-0.25, -0.2) is 0 Å². The van der Waals surface area contributed by atoms with E-state index < -0.39 is 0 Å². The molecule has 1 aliphatic heterocycles. The first-order valence-electron chi connectivity index (χ1n) is 5.99. The summed E-state index contributed by atoms with van der Waals surface area (Å²) in [5, 5.41) is 0. The van der Waals surface area contributed by atoms with Crippen LogP contribution in [0.2, 0.25) is 0 Å². The molecule has 88 valence electrons. The fraction of sp³-hybridized carbons (Fsp3) is 0.917. The van der Waals surface area contributed by atoms with E-state index in [4.69, 9.17) is 4.74 Å². The minimum atomic E-state index is 0.236. The standard InChI is InChI=1S/C12H23NO2/c1-4-7-15-8-5-6-11-10(2)9-13(3)12(11)14/h10-11H,4-9H2,1-3H3/t10-,11?/m0/s1. The van der Waals surface area contributed by atoms with E-state index in [1.165, 1.54) is 0 Å². The Morgan fingerprint density at radius 1 is 1.47 bits per heavy atom.